The van der Waals surface area contributed by atoms with Gasteiger partial charge in [-0.25, -0.2) is 4.31 Å². The van der Waals surface area contributed by atoms with Gasteiger partial charge in [0.1, 0.15) is 5.75 Å². The van der Waals surface area contributed by atoms with Gasteiger partial charge in [-0.05, 0) is 61.7 Å². The zero-order valence-electron chi connectivity index (χ0n) is 20.6. The van der Waals surface area contributed by atoms with Gasteiger partial charge in [-0.2, -0.15) is 0 Å². The van der Waals surface area contributed by atoms with Crippen LogP contribution in [0.25, 0.3) is 6.20 Å². The maximum absolute atomic E-state index is 5.33. The van der Waals surface area contributed by atoms with Crippen molar-refractivity contribution in [1.29, 1.82) is 0 Å². The summed E-state index contributed by atoms with van der Waals surface area (Å²) in [6.07, 6.45) is 4.48. The van der Waals surface area contributed by atoms with Gasteiger partial charge in [-0.1, -0.05) is 48.8 Å². The number of ether oxygens (including phenoxy) is 1. The third-order valence-electron chi connectivity index (χ3n) is 6.89. The van der Waals surface area contributed by atoms with Crippen molar-refractivity contribution in [3.63, 3.8) is 0 Å². The number of anilines is 1. The van der Waals surface area contributed by atoms with Crippen molar-refractivity contribution in [3.05, 3.63) is 74.1 Å². The summed E-state index contributed by atoms with van der Waals surface area (Å²) in [4.78, 5) is 5.46. The van der Waals surface area contributed by atoms with Gasteiger partial charge in [-0.3, -0.25) is 0 Å². The van der Waals surface area contributed by atoms with Crippen molar-refractivity contribution in [2.24, 2.45) is 0 Å². The third-order valence-corrected chi connectivity index (χ3v) is 11.1. The standard InChI is InChI=1S/C28H35N3OS2/c1-20(2)26-17-22-18-29-25-7-5-6-8-27(25)34(28(22)33-26)31-16-15-30(3)23(19-31)12-9-21-10-13-24(32-4)14-11-21/h5-8,10-11,13-14,17-18,20,23,29H,9,12,15-16,19H2,1-4H3/t23-,34?/m0/s1. The zero-order valence-corrected chi connectivity index (χ0v) is 22.2. The van der Waals surface area contributed by atoms with Crippen LogP contribution in [0, 0.1) is 3.82 Å². The molecule has 1 aromatic heterocycles. The van der Waals surface area contributed by atoms with E-state index in [-0.39, 0.29) is 10.7 Å². The van der Waals surface area contributed by atoms with Crippen LogP contribution in [-0.2, 0) is 6.42 Å². The van der Waals surface area contributed by atoms with Gasteiger partial charge in [0.05, 0.1) is 16.6 Å². The second kappa shape index (κ2) is 10.2. The van der Waals surface area contributed by atoms with Gasteiger partial charge < -0.3 is 15.0 Å². The fraction of sp³-hybridized carbons (Fsp3) is 0.393. The highest BCUT2D eigenvalue weighted by Crippen LogP contribution is 2.42. The minimum atomic E-state index is -0.0672. The Hall–Kier alpha value is -2.12. The smallest absolute Gasteiger partial charge is 0.118 e. The zero-order chi connectivity index (χ0) is 23.7. The van der Waals surface area contributed by atoms with E-state index < -0.39 is 0 Å². The topological polar surface area (TPSA) is 27.7 Å². The summed E-state index contributed by atoms with van der Waals surface area (Å²) in [5.74, 6) is 1.48. The largest absolute Gasteiger partial charge is 0.497 e. The van der Waals surface area contributed by atoms with E-state index in [1.807, 2.05) is 11.3 Å². The number of piperazine rings is 1. The van der Waals surface area contributed by atoms with E-state index >= 15 is 0 Å². The molecule has 2 aliphatic heterocycles. The average molecular weight is 494 g/mol. The Labute approximate surface area is 209 Å². The molecule has 6 heteroatoms. The number of nitrogens with one attached hydrogen (secondary N) is 1. The van der Waals surface area contributed by atoms with E-state index in [2.05, 4.69) is 96.2 Å². The van der Waals surface area contributed by atoms with Crippen LogP contribution in [0.5, 0.6) is 5.75 Å². The van der Waals surface area contributed by atoms with Crippen LogP contribution < -0.4 is 15.3 Å². The van der Waals surface area contributed by atoms with Crippen LogP contribution >= 0.6 is 22.0 Å². The molecule has 34 heavy (non-hydrogen) atoms. The first-order chi connectivity index (χ1) is 16.5. The van der Waals surface area contributed by atoms with Crippen LogP contribution in [0.15, 0.2) is 59.5 Å². The summed E-state index contributed by atoms with van der Waals surface area (Å²) >= 11 is 2.01. The number of rotatable bonds is 6. The van der Waals surface area contributed by atoms with E-state index in [1.165, 1.54) is 30.1 Å². The molecule has 3 aromatic rings. The van der Waals surface area contributed by atoms with E-state index in [1.54, 1.807) is 7.11 Å². The first-order valence-electron chi connectivity index (χ1n) is 12.2. The normalized spacial score (nSPS) is 20.7. The van der Waals surface area contributed by atoms with Crippen molar-refractivity contribution in [1.82, 2.24) is 9.21 Å². The number of benzene rings is 2. The molecule has 0 radical (unpaired) electrons. The molecule has 1 unspecified atom stereocenters. The predicted molar refractivity (Wildman–Crippen MR) is 147 cm³/mol. The summed E-state index contributed by atoms with van der Waals surface area (Å²) in [6, 6.07) is 20.4. The summed E-state index contributed by atoms with van der Waals surface area (Å²) in [5.41, 5.74) is 2.63. The lowest BCUT2D eigenvalue weighted by Crippen LogP contribution is -2.49. The Kier molecular flexibility index (Phi) is 7.11. The highest BCUT2D eigenvalue weighted by atomic mass is 32.2. The molecule has 1 fully saturated rings. The summed E-state index contributed by atoms with van der Waals surface area (Å²) in [6.45, 7) is 7.90. The summed E-state index contributed by atoms with van der Waals surface area (Å²) in [5, 5.41) is 4.98. The number of fused-ring (bicyclic) bond motifs is 2. The first kappa shape index (κ1) is 23.6. The number of methoxy groups -OCH3 is 1. The fourth-order valence-corrected chi connectivity index (χ4v) is 8.97. The van der Waals surface area contributed by atoms with Crippen molar-refractivity contribution < 1.29 is 4.74 Å². The lowest BCUT2D eigenvalue weighted by molar-refractivity contribution is 0.146. The molecule has 0 saturated carbocycles. The predicted octanol–water partition coefficient (Wildman–Crippen LogP) is 5.79. The minimum absolute atomic E-state index is 0.0672. The van der Waals surface area contributed by atoms with Crippen LogP contribution in [0.2, 0.25) is 0 Å². The molecule has 3 heterocycles. The SMILES string of the molecule is COc1ccc(CC[C@H]2CN(S3=c4sc(C(C)C)cc4=CNc4ccccc43)CCN2C)cc1. The summed E-state index contributed by atoms with van der Waals surface area (Å²) < 4.78 is 9.60. The van der Waals surface area contributed by atoms with Crippen molar-refractivity contribution in [2.75, 3.05) is 39.1 Å². The van der Waals surface area contributed by atoms with Crippen molar-refractivity contribution in [2.45, 2.75) is 43.5 Å². The molecule has 0 spiro atoms. The summed E-state index contributed by atoms with van der Waals surface area (Å²) in [7, 11) is 3.95. The van der Waals surface area contributed by atoms with E-state index in [9.17, 15) is 0 Å². The van der Waals surface area contributed by atoms with E-state index in [0.717, 1.165) is 38.2 Å². The molecule has 0 amide bonds. The second-order valence-electron chi connectivity index (χ2n) is 9.52. The molecular weight excluding hydrogens is 458 g/mol. The van der Waals surface area contributed by atoms with Crippen LogP contribution in [0.3, 0.4) is 0 Å². The Morgan fingerprint density at radius 3 is 2.68 bits per heavy atom. The second-order valence-corrected chi connectivity index (χ2v) is 12.8. The van der Waals surface area contributed by atoms with Crippen molar-refractivity contribution in [3.8, 4) is 5.75 Å². The van der Waals surface area contributed by atoms with Gasteiger partial charge >= 0.3 is 0 Å². The molecule has 0 bridgehead atoms. The number of nitrogens with zero attached hydrogens (tertiary/aromatic N) is 2. The minimum Gasteiger partial charge on any atom is -0.497 e. The number of hydrogen-bond acceptors (Lipinski definition) is 5. The Morgan fingerprint density at radius 1 is 1.12 bits per heavy atom. The maximum Gasteiger partial charge on any atom is 0.118 e. The molecule has 1 N–H and O–H groups in total. The van der Waals surface area contributed by atoms with Crippen LogP contribution in [0.4, 0.5) is 5.69 Å². The molecule has 180 valence electrons. The van der Waals surface area contributed by atoms with Crippen LogP contribution in [0.1, 0.15) is 36.6 Å². The number of aryl methyl sites for hydroxylation is 1. The lowest BCUT2D eigenvalue weighted by Gasteiger charge is -2.41. The molecule has 2 aliphatic rings. The van der Waals surface area contributed by atoms with E-state index in [4.69, 9.17) is 4.74 Å². The molecule has 1 saturated heterocycles. The number of para-hydroxylation sites is 1. The first-order valence-corrected chi connectivity index (χ1v) is 14.2. The lowest BCUT2D eigenvalue weighted by atomic mass is 10.0. The van der Waals surface area contributed by atoms with Crippen LogP contribution in [-0.4, -0.2) is 49.0 Å². The molecule has 5 rings (SSSR count). The Morgan fingerprint density at radius 2 is 1.91 bits per heavy atom. The number of thiophene rings is 1. The molecule has 2 aromatic carbocycles. The molecule has 2 atom stereocenters. The van der Waals surface area contributed by atoms with Gasteiger partial charge in [0.2, 0.25) is 0 Å². The van der Waals surface area contributed by atoms with Crippen molar-refractivity contribution >= 4 is 33.9 Å². The van der Waals surface area contributed by atoms with Gasteiger partial charge in [0.25, 0.3) is 0 Å². The van der Waals surface area contributed by atoms with Gasteiger partial charge in [0, 0.05) is 46.9 Å². The fourth-order valence-electron chi connectivity index (χ4n) is 4.73. The maximum atomic E-state index is 5.33. The quantitative estimate of drug-likeness (QED) is 0.440. The number of likely N-dealkylation sites (N-methyl/N-ethyl adjacent to an activating group) is 1. The van der Waals surface area contributed by atoms with E-state index in [0.29, 0.717) is 12.0 Å². The Balaban J connectivity index is 1.47. The van der Waals surface area contributed by atoms with Gasteiger partial charge in [-0.15, -0.1) is 11.3 Å². The highest BCUT2D eigenvalue weighted by Gasteiger charge is 2.28. The molecule has 4 nitrogen and oxygen atoms in total. The monoisotopic (exact) mass is 493 g/mol. The van der Waals surface area contributed by atoms with Gasteiger partial charge in [0.15, 0.2) is 0 Å². The molecular formula is C28H35N3OS2. The molecule has 0 aliphatic carbocycles. The number of hydrogen-bond donors (Lipinski definition) is 1. The third kappa shape index (κ3) is 4.82. The average Bonchev–Trinajstić information content (AvgIpc) is 3.21. The highest BCUT2D eigenvalue weighted by molar-refractivity contribution is 8.08. The Bertz CT molecular complexity index is 1270.